The van der Waals surface area contributed by atoms with Crippen molar-refractivity contribution in [2.24, 2.45) is 0 Å². The zero-order chi connectivity index (χ0) is 19.7. The molecule has 1 aromatic carbocycles. The zero-order valence-electron chi connectivity index (χ0n) is 14.9. The van der Waals surface area contributed by atoms with Crippen LogP contribution in [-0.4, -0.2) is 89.8 Å². The van der Waals surface area contributed by atoms with Crippen LogP contribution < -0.4 is 14.2 Å². The second-order valence-corrected chi connectivity index (χ2v) is 6.35. The summed E-state index contributed by atoms with van der Waals surface area (Å²) < 4.78 is 27.1. The van der Waals surface area contributed by atoms with Crippen molar-refractivity contribution >= 4 is 0 Å². The zero-order valence-corrected chi connectivity index (χ0v) is 14.9. The molecule has 0 aliphatic carbocycles. The van der Waals surface area contributed by atoms with Crippen LogP contribution in [0.5, 0.6) is 17.2 Å². The van der Waals surface area contributed by atoms with Gasteiger partial charge in [0.2, 0.25) is 12.0 Å². The highest BCUT2D eigenvalue weighted by molar-refractivity contribution is 5.55. The molecule has 5 N–H and O–H groups in total. The van der Waals surface area contributed by atoms with Gasteiger partial charge in [-0.25, -0.2) is 0 Å². The van der Waals surface area contributed by atoms with Crippen molar-refractivity contribution < 1.29 is 49.2 Å². The van der Waals surface area contributed by atoms with E-state index in [-0.39, 0.29) is 36.1 Å². The van der Waals surface area contributed by atoms with E-state index in [9.17, 15) is 20.4 Å². The van der Waals surface area contributed by atoms with E-state index in [0.29, 0.717) is 5.56 Å². The molecular weight excluding hydrogens is 364 g/mol. The first-order valence-corrected chi connectivity index (χ1v) is 8.44. The van der Waals surface area contributed by atoms with Crippen LogP contribution in [0.4, 0.5) is 0 Å². The van der Waals surface area contributed by atoms with E-state index in [1.54, 1.807) is 12.1 Å². The van der Waals surface area contributed by atoms with Crippen molar-refractivity contribution in [1.29, 1.82) is 0 Å². The van der Waals surface area contributed by atoms with Crippen LogP contribution in [0.3, 0.4) is 0 Å². The Bertz CT molecular complexity index is 626. The van der Waals surface area contributed by atoms with Crippen molar-refractivity contribution in [2.45, 2.75) is 42.9 Å². The van der Waals surface area contributed by atoms with Gasteiger partial charge in [-0.2, -0.15) is 0 Å². The summed E-state index contributed by atoms with van der Waals surface area (Å²) in [5, 5.41) is 48.4. The maximum atomic E-state index is 10.2. The van der Waals surface area contributed by atoms with Gasteiger partial charge in [0.25, 0.3) is 0 Å². The number of epoxide rings is 1. The predicted molar refractivity (Wildman–Crippen MR) is 88.6 cm³/mol. The summed E-state index contributed by atoms with van der Waals surface area (Å²) in [6, 6.07) is 3.28. The minimum atomic E-state index is -1.57. The Morgan fingerprint density at radius 1 is 0.852 bits per heavy atom. The third-order valence-electron chi connectivity index (χ3n) is 4.66. The number of benzene rings is 1. The van der Waals surface area contributed by atoms with Crippen molar-refractivity contribution in [3.05, 3.63) is 17.7 Å². The first kappa shape index (κ1) is 20.1. The van der Waals surface area contributed by atoms with E-state index in [4.69, 9.17) is 28.8 Å². The van der Waals surface area contributed by atoms with Crippen LogP contribution in [0, 0.1) is 0 Å². The summed E-state index contributed by atoms with van der Waals surface area (Å²) in [5.41, 5.74) is 0.712. The molecule has 2 aliphatic rings. The Kier molecular flexibility index (Phi) is 6.06. The standard InChI is InChI=1S/C17H24O10/c1-23-8-3-7(15-11(6-19)25-15)4-9(24-2)16(8)27-17-14(22)13(21)12(20)10(5-18)26-17/h3-4,10-15,17-22H,5-6H2,1-2H3/t10-,11+,12-,13+,14-,15+,17+/m1/s1. The van der Waals surface area contributed by atoms with Crippen molar-refractivity contribution in [3.8, 4) is 17.2 Å². The molecule has 2 aliphatic heterocycles. The van der Waals surface area contributed by atoms with Gasteiger partial charge in [-0.3, -0.25) is 0 Å². The fraction of sp³-hybridized carbons (Fsp3) is 0.647. The van der Waals surface area contributed by atoms with Crippen LogP contribution >= 0.6 is 0 Å². The van der Waals surface area contributed by atoms with Gasteiger partial charge in [-0.15, -0.1) is 0 Å². The van der Waals surface area contributed by atoms with Crippen LogP contribution in [0.2, 0.25) is 0 Å². The summed E-state index contributed by atoms with van der Waals surface area (Å²) in [7, 11) is 2.83. The van der Waals surface area contributed by atoms with Gasteiger partial charge in [-0.05, 0) is 17.7 Å². The third kappa shape index (κ3) is 3.83. The van der Waals surface area contributed by atoms with Gasteiger partial charge in [0.05, 0.1) is 27.4 Å². The van der Waals surface area contributed by atoms with Crippen molar-refractivity contribution in [2.75, 3.05) is 27.4 Å². The van der Waals surface area contributed by atoms with Gasteiger partial charge in [-0.1, -0.05) is 0 Å². The summed E-state index contributed by atoms with van der Waals surface area (Å²) in [6.07, 6.45) is -7.69. The number of hydrogen-bond donors (Lipinski definition) is 5. The second-order valence-electron chi connectivity index (χ2n) is 6.35. The Balaban J connectivity index is 1.87. The molecule has 2 fully saturated rings. The monoisotopic (exact) mass is 388 g/mol. The lowest BCUT2D eigenvalue weighted by molar-refractivity contribution is -0.277. The highest BCUT2D eigenvalue weighted by Crippen LogP contribution is 2.46. The van der Waals surface area contributed by atoms with E-state index in [1.807, 2.05) is 0 Å². The largest absolute Gasteiger partial charge is 0.493 e. The molecule has 0 unspecified atom stereocenters. The molecule has 0 bridgehead atoms. The minimum Gasteiger partial charge on any atom is -0.493 e. The van der Waals surface area contributed by atoms with Crippen LogP contribution in [0.1, 0.15) is 11.7 Å². The number of rotatable bonds is 7. The maximum Gasteiger partial charge on any atom is 0.229 e. The molecule has 3 rings (SSSR count). The first-order chi connectivity index (χ1) is 12.9. The molecule has 0 spiro atoms. The van der Waals surface area contributed by atoms with Crippen LogP contribution in [-0.2, 0) is 9.47 Å². The highest BCUT2D eigenvalue weighted by atomic mass is 16.7. The molecule has 10 nitrogen and oxygen atoms in total. The van der Waals surface area contributed by atoms with Crippen molar-refractivity contribution in [3.63, 3.8) is 0 Å². The lowest BCUT2D eigenvalue weighted by Gasteiger charge is -2.39. The molecule has 10 heteroatoms. The van der Waals surface area contributed by atoms with Gasteiger partial charge in [0.15, 0.2) is 11.5 Å². The summed E-state index contributed by atoms with van der Waals surface area (Å²) >= 11 is 0. The van der Waals surface area contributed by atoms with E-state index >= 15 is 0 Å². The quantitative estimate of drug-likeness (QED) is 0.342. The fourth-order valence-corrected chi connectivity index (χ4v) is 3.04. The number of methoxy groups -OCH3 is 2. The Hall–Kier alpha value is -1.66. The molecule has 2 saturated heterocycles. The lowest BCUT2D eigenvalue weighted by Crippen LogP contribution is -2.60. The molecule has 0 aromatic heterocycles. The minimum absolute atomic E-state index is 0.106. The molecule has 0 saturated carbocycles. The molecule has 27 heavy (non-hydrogen) atoms. The van der Waals surface area contributed by atoms with Crippen LogP contribution in [0.15, 0.2) is 12.1 Å². The van der Waals surface area contributed by atoms with Gasteiger partial charge in [0.1, 0.15) is 36.6 Å². The first-order valence-electron chi connectivity index (χ1n) is 8.44. The van der Waals surface area contributed by atoms with Gasteiger partial charge < -0.3 is 49.2 Å². The van der Waals surface area contributed by atoms with E-state index in [2.05, 4.69) is 0 Å². The lowest BCUT2D eigenvalue weighted by atomic mass is 9.99. The second kappa shape index (κ2) is 8.15. The number of ether oxygens (including phenoxy) is 5. The summed E-state index contributed by atoms with van der Waals surface area (Å²) in [6.45, 7) is -0.683. The fourth-order valence-electron chi connectivity index (χ4n) is 3.04. The number of aliphatic hydroxyl groups is 5. The molecule has 0 radical (unpaired) electrons. The smallest absolute Gasteiger partial charge is 0.229 e. The Morgan fingerprint density at radius 3 is 1.93 bits per heavy atom. The average Bonchev–Trinajstić information content (AvgIpc) is 3.48. The molecule has 2 heterocycles. The Labute approximate surface area is 155 Å². The molecule has 7 atom stereocenters. The van der Waals surface area contributed by atoms with E-state index in [0.717, 1.165) is 0 Å². The topological polar surface area (TPSA) is 151 Å². The van der Waals surface area contributed by atoms with E-state index < -0.39 is 37.3 Å². The van der Waals surface area contributed by atoms with Crippen molar-refractivity contribution in [1.82, 2.24) is 0 Å². The molecule has 152 valence electrons. The Morgan fingerprint density at radius 2 is 1.44 bits per heavy atom. The predicted octanol–water partition coefficient (Wildman–Crippen LogP) is -1.69. The maximum absolute atomic E-state index is 10.2. The van der Waals surface area contributed by atoms with Gasteiger partial charge in [0, 0.05) is 0 Å². The number of aliphatic hydroxyl groups excluding tert-OH is 5. The van der Waals surface area contributed by atoms with Crippen LogP contribution in [0.25, 0.3) is 0 Å². The normalized spacial score (nSPS) is 35.6. The summed E-state index contributed by atoms with van der Waals surface area (Å²) in [5.74, 6) is 0.622. The molecule has 1 aromatic rings. The third-order valence-corrected chi connectivity index (χ3v) is 4.66. The average molecular weight is 388 g/mol. The van der Waals surface area contributed by atoms with Gasteiger partial charge >= 0.3 is 0 Å². The number of hydrogen-bond acceptors (Lipinski definition) is 10. The van der Waals surface area contributed by atoms with E-state index in [1.165, 1.54) is 14.2 Å². The summed E-state index contributed by atoms with van der Waals surface area (Å²) in [4.78, 5) is 0. The molecule has 0 amide bonds. The SMILES string of the molecule is COc1cc([C@@H]2O[C@H]2CO)cc(OC)c1O[C@@H]1O[C@H](CO)[C@@H](O)[C@H](O)[C@H]1O. The highest BCUT2D eigenvalue weighted by Gasteiger charge is 2.45. The molecular formula is C17H24O10.